The van der Waals surface area contributed by atoms with E-state index in [1.807, 2.05) is 43.3 Å². The molecule has 116 valence electrons. The van der Waals surface area contributed by atoms with Crippen LogP contribution in [0.5, 0.6) is 0 Å². The molecule has 0 bridgehead atoms. The van der Waals surface area contributed by atoms with Crippen LogP contribution >= 0.6 is 0 Å². The van der Waals surface area contributed by atoms with Gasteiger partial charge in [-0.15, -0.1) is 0 Å². The number of benzene rings is 2. The highest BCUT2D eigenvalue weighted by Crippen LogP contribution is 2.27. The number of pyridine rings is 1. The molecule has 0 aliphatic carbocycles. The topological polar surface area (TPSA) is 22.0 Å². The van der Waals surface area contributed by atoms with Crippen LogP contribution in [-0.2, 0) is 6.42 Å². The second-order valence-electron chi connectivity index (χ2n) is 5.76. The van der Waals surface area contributed by atoms with Gasteiger partial charge in [0, 0.05) is 23.0 Å². The summed E-state index contributed by atoms with van der Waals surface area (Å²) in [5.74, 6) is 0. The van der Waals surface area contributed by atoms with Crippen molar-refractivity contribution in [2.45, 2.75) is 26.7 Å². The predicted molar refractivity (Wildman–Crippen MR) is 96.2 cm³/mol. The van der Waals surface area contributed by atoms with Crippen molar-refractivity contribution in [3.05, 3.63) is 88.2 Å². The molecular formula is C21H21NO. The van der Waals surface area contributed by atoms with Crippen molar-refractivity contribution in [1.29, 1.82) is 0 Å². The van der Waals surface area contributed by atoms with Gasteiger partial charge < -0.3 is 4.57 Å². The molecule has 3 rings (SSSR count). The van der Waals surface area contributed by atoms with Gasteiger partial charge >= 0.3 is 0 Å². The normalized spacial score (nSPS) is 10.7. The van der Waals surface area contributed by atoms with Crippen molar-refractivity contribution >= 4 is 0 Å². The van der Waals surface area contributed by atoms with Crippen LogP contribution in [-0.4, -0.2) is 4.57 Å². The molecule has 0 aliphatic heterocycles. The average molecular weight is 303 g/mol. The van der Waals surface area contributed by atoms with E-state index in [0.717, 1.165) is 41.0 Å². The summed E-state index contributed by atoms with van der Waals surface area (Å²) in [6.07, 6.45) is 1.88. The Kier molecular flexibility index (Phi) is 4.42. The van der Waals surface area contributed by atoms with E-state index >= 15 is 0 Å². The van der Waals surface area contributed by atoms with Crippen molar-refractivity contribution < 1.29 is 0 Å². The van der Waals surface area contributed by atoms with Crippen LogP contribution < -0.4 is 5.43 Å². The van der Waals surface area contributed by atoms with E-state index in [1.54, 1.807) is 6.07 Å². The molecule has 0 spiro atoms. The maximum Gasteiger partial charge on any atom is 0.185 e. The summed E-state index contributed by atoms with van der Waals surface area (Å²) in [4.78, 5) is 12.5. The third-order valence-electron chi connectivity index (χ3n) is 4.10. The minimum Gasteiger partial charge on any atom is -0.313 e. The van der Waals surface area contributed by atoms with Crippen LogP contribution in [0.15, 0.2) is 71.5 Å². The lowest BCUT2D eigenvalue weighted by atomic mass is 10.0. The van der Waals surface area contributed by atoms with E-state index < -0.39 is 0 Å². The van der Waals surface area contributed by atoms with Crippen molar-refractivity contribution in [2.24, 2.45) is 0 Å². The molecule has 3 aromatic rings. The molecule has 0 saturated carbocycles. The first kappa shape index (κ1) is 15.3. The highest BCUT2D eigenvalue weighted by molar-refractivity contribution is 5.66. The Labute approximate surface area is 137 Å². The van der Waals surface area contributed by atoms with Gasteiger partial charge in [0.15, 0.2) is 5.43 Å². The monoisotopic (exact) mass is 303 g/mol. The van der Waals surface area contributed by atoms with Gasteiger partial charge in [0.2, 0.25) is 0 Å². The number of aryl methyl sites for hydroxylation is 1. The first-order valence-corrected chi connectivity index (χ1v) is 8.08. The van der Waals surface area contributed by atoms with Gasteiger partial charge in [-0.1, -0.05) is 61.9 Å². The highest BCUT2D eigenvalue weighted by Gasteiger charge is 2.15. The number of hydrogen-bond acceptors (Lipinski definition) is 1. The largest absolute Gasteiger partial charge is 0.313 e. The predicted octanol–water partition coefficient (Wildman–Crippen LogP) is 4.77. The third-order valence-corrected chi connectivity index (χ3v) is 4.10. The van der Waals surface area contributed by atoms with E-state index in [2.05, 4.69) is 35.8 Å². The Morgan fingerprint density at radius 3 is 2.13 bits per heavy atom. The molecule has 0 amide bonds. The Hall–Kier alpha value is -2.61. The molecule has 0 unspecified atom stereocenters. The number of para-hydroxylation sites is 1. The average Bonchev–Trinajstić information content (AvgIpc) is 2.59. The Bertz CT molecular complexity index is 848. The zero-order chi connectivity index (χ0) is 16.2. The fourth-order valence-electron chi connectivity index (χ4n) is 3.01. The minimum absolute atomic E-state index is 0.111. The summed E-state index contributed by atoms with van der Waals surface area (Å²) < 4.78 is 2.23. The SMILES string of the molecule is CCCc1cc(=O)c(C)c(-c2ccccc2)n1-c1ccccc1. The molecule has 1 heterocycles. The molecule has 0 N–H and O–H groups in total. The number of nitrogens with zero attached hydrogens (tertiary/aromatic N) is 1. The Morgan fingerprint density at radius 1 is 0.913 bits per heavy atom. The van der Waals surface area contributed by atoms with Crippen molar-refractivity contribution in [3.63, 3.8) is 0 Å². The molecule has 1 aromatic heterocycles. The first-order valence-electron chi connectivity index (χ1n) is 8.08. The van der Waals surface area contributed by atoms with Crippen molar-refractivity contribution in [2.75, 3.05) is 0 Å². The number of rotatable bonds is 4. The number of hydrogen-bond donors (Lipinski definition) is 0. The molecule has 0 atom stereocenters. The van der Waals surface area contributed by atoms with Gasteiger partial charge in [-0.25, -0.2) is 0 Å². The van der Waals surface area contributed by atoms with Crippen LogP contribution in [0.3, 0.4) is 0 Å². The summed E-state index contributed by atoms with van der Waals surface area (Å²) >= 11 is 0. The Balaban J connectivity index is 2.38. The van der Waals surface area contributed by atoms with Crippen LogP contribution in [0.25, 0.3) is 16.9 Å². The molecule has 2 heteroatoms. The smallest absolute Gasteiger partial charge is 0.185 e. The summed E-state index contributed by atoms with van der Waals surface area (Å²) in [6, 6.07) is 22.2. The van der Waals surface area contributed by atoms with Gasteiger partial charge in [0.05, 0.1) is 5.69 Å². The lowest BCUT2D eigenvalue weighted by Gasteiger charge is -2.21. The molecule has 0 radical (unpaired) electrons. The lowest BCUT2D eigenvalue weighted by molar-refractivity contribution is 0.825. The van der Waals surface area contributed by atoms with E-state index in [1.165, 1.54) is 0 Å². The van der Waals surface area contributed by atoms with Gasteiger partial charge in [0.25, 0.3) is 0 Å². The molecule has 23 heavy (non-hydrogen) atoms. The summed E-state index contributed by atoms with van der Waals surface area (Å²) in [6.45, 7) is 4.06. The van der Waals surface area contributed by atoms with Crippen LogP contribution in [0.4, 0.5) is 0 Å². The second kappa shape index (κ2) is 6.66. The summed E-state index contributed by atoms with van der Waals surface area (Å²) in [7, 11) is 0. The summed E-state index contributed by atoms with van der Waals surface area (Å²) in [5.41, 5.74) is 5.13. The van der Waals surface area contributed by atoms with E-state index in [0.29, 0.717) is 0 Å². The minimum atomic E-state index is 0.111. The van der Waals surface area contributed by atoms with Gasteiger partial charge in [-0.2, -0.15) is 0 Å². The van der Waals surface area contributed by atoms with E-state index in [-0.39, 0.29) is 5.43 Å². The second-order valence-corrected chi connectivity index (χ2v) is 5.76. The maximum atomic E-state index is 12.5. The van der Waals surface area contributed by atoms with Gasteiger partial charge in [-0.05, 0) is 31.0 Å². The van der Waals surface area contributed by atoms with Gasteiger partial charge in [0.1, 0.15) is 0 Å². The molecule has 0 aliphatic rings. The third kappa shape index (κ3) is 2.98. The maximum absolute atomic E-state index is 12.5. The van der Waals surface area contributed by atoms with Crippen molar-refractivity contribution in [3.8, 4) is 16.9 Å². The van der Waals surface area contributed by atoms with E-state index in [9.17, 15) is 4.79 Å². The summed E-state index contributed by atoms with van der Waals surface area (Å²) in [5, 5.41) is 0. The van der Waals surface area contributed by atoms with Crippen LogP contribution in [0, 0.1) is 6.92 Å². The Morgan fingerprint density at radius 2 is 1.52 bits per heavy atom. The van der Waals surface area contributed by atoms with E-state index in [4.69, 9.17) is 0 Å². The molecule has 2 aromatic carbocycles. The zero-order valence-electron chi connectivity index (χ0n) is 13.6. The highest BCUT2D eigenvalue weighted by atomic mass is 16.1. The molecule has 2 nitrogen and oxygen atoms in total. The van der Waals surface area contributed by atoms with Crippen LogP contribution in [0.2, 0.25) is 0 Å². The lowest BCUT2D eigenvalue weighted by Crippen LogP contribution is -2.17. The van der Waals surface area contributed by atoms with Crippen LogP contribution in [0.1, 0.15) is 24.6 Å². The van der Waals surface area contributed by atoms with Crippen molar-refractivity contribution in [1.82, 2.24) is 4.57 Å². The fraction of sp³-hybridized carbons (Fsp3) is 0.190. The first-order chi connectivity index (χ1) is 11.2. The number of aromatic nitrogens is 1. The molecular weight excluding hydrogens is 282 g/mol. The molecule has 0 saturated heterocycles. The quantitative estimate of drug-likeness (QED) is 0.681. The zero-order valence-corrected chi connectivity index (χ0v) is 13.6. The standard InChI is InChI=1S/C21H21NO/c1-3-10-19-15-20(23)16(2)21(17-11-6-4-7-12-17)22(19)18-13-8-5-9-14-18/h4-9,11-15H,3,10H2,1-2H3. The molecule has 0 fully saturated rings. The van der Waals surface area contributed by atoms with Gasteiger partial charge in [-0.3, -0.25) is 4.79 Å². The fourth-order valence-corrected chi connectivity index (χ4v) is 3.01.